The molecule has 4 aliphatic rings. The van der Waals surface area contributed by atoms with Gasteiger partial charge in [0.05, 0.1) is 6.10 Å². The Morgan fingerprint density at radius 2 is 1.81 bits per heavy atom. The molecule has 4 rings (SSSR count). The van der Waals surface area contributed by atoms with Crippen LogP contribution in [0.1, 0.15) is 46.5 Å². The lowest BCUT2D eigenvalue weighted by atomic mass is 9.46. The number of aliphatic hydroxyl groups is 2. The van der Waals surface area contributed by atoms with Gasteiger partial charge in [0, 0.05) is 22.3 Å². The van der Waals surface area contributed by atoms with E-state index in [2.05, 4.69) is 0 Å². The van der Waals surface area contributed by atoms with E-state index in [4.69, 9.17) is 0 Å². The first-order valence-electron chi connectivity index (χ1n) is 9.48. The molecule has 0 aromatic heterocycles. The predicted octanol–water partition coefficient (Wildman–Crippen LogP) is 1.76. The number of Topliss-reactive ketones (excluding diaryl/α,β-unsaturated/α-hetero) is 3. The van der Waals surface area contributed by atoms with E-state index >= 15 is 0 Å². The molecular weight excluding hydrogens is 332 g/mol. The van der Waals surface area contributed by atoms with Gasteiger partial charge < -0.3 is 10.2 Å². The van der Waals surface area contributed by atoms with Crippen LogP contribution >= 0.6 is 0 Å². The van der Waals surface area contributed by atoms with Crippen molar-refractivity contribution in [3.05, 3.63) is 23.8 Å². The summed E-state index contributed by atoms with van der Waals surface area (Å²) in [5.74, 6) is -1.87. The number of rotatable bonds is 1. The third kappa shape index (κ3) is 1.91. The van der Waals surface area contributed by atoms with Crippen LogP contribution in [0.3, 0.4) is 0 Å². The number of allylic oxidation sites excluding steroid dienone is 2. The molecule has 0 spiro atoms. The first-order valence-corrected chi connectivity index (χ1v) is 9.48. The molecule has 0 aromatic carbocycles. The highest BCUT2D eigenvalue weighted by molar-refractivity contribution is 6.45. The molecule has 26 heavy (non-hydrogen) atoms. The summed E-state index contributed by atoms with van der Waals surface area (Å²) < 4.78 is 0. The standard InChI is InChI=1S/C21H26O5/c1-11(22)21(26)9-6-14-16-13(5-8-20(14,21)3)19(2)7-4-12(23)10-15(19)17(24)18(16)25/h4,7,10,12-14,16,23,26H,5-6,8-9H2,1-3H3/t12-,13-,14-,16+,19+,20-,21-/m0/s1. The van der Waals surface area contributed by atoms with Crippen LogP contribution < -0.4 is 0 Å². The molecule has 2 N–H and O–H groups in total. The van der Waals surface area contributed by atoms with Crippen LogP contribution in [0, 0.1) is 28.6 Å². The van der Waals surface area contributed by atoms with E-state index in [9.17, 15) is 24.6 Å². The van der Waals surface area contributed by atoms with Gasteiger partial charge in [0.2, 0.25) is 11.6 Å². The molecule has 0 saturated heterocycles. The number of hydrogen-bond donors (Lipinski definition) is 2. The Labute approximate surface area is 153 Å². The van der Waals surface area contributed by atoms with Gasteiger partial charge in [-0.25, -0.2) is 0 Å². The molecule has 7 atom stereocenters. The molecule has 5 nitrogen and oxygen atoms in total. The van der Waals surface area contributed by atoms with E-state index in [-0.39, 0.29) is 17.6 Å². The van der Waals surface area contributed by atoms with Gasteiger partial charge in [-0.15, -0.1) is 0 Å². The highest BCUT2D eigenvalue weighted by atomic mass is 16.3. The Bertz CT molecular complexity index is 779. The van der Waals surface area contributed by atoms with Crippen molar-refractivity contribution in [1.82, 2.24) is 0 Å². The van der Waals surface area contributed by atoms with E-state index in [1.165, 1.54) is 13.0 Å². The SMILES string of the molecule is CC(=O)[C@@]1(O)CC[C@H]2[C@@H]3C(=O)C(=O)C4=C[C@@H](O)C=C[C@]4(C)[C@H]3CC[C@@]21C. The van der Waals surface area contributed by atoms with Crippen LogP contribution in [0.25, 0.3) is 0 Å². The average Bonchev–Trinajstić information content (AvgIpc) is 2.87. The van der Waals surface area contributed by atoms with Crippen LogP contribution in [0.4, 0.5) is 0 Å². The lowest BCUT2D eigenvalue weighted by Gasteiger charge is -2.56. The second-order valence-electron chi connectivity index (χ2n) is 9.06. The molecule has 0 amide bonds. The van der Waals surface area contributed by atoms with Gasteiger partial charge in [0.25, 0.3) is 0 Å². The van der Waals surface area contributed by atoms with Gasteiger partial charge in [0.15, 0.2) is 5.78 Å². The number of carbonyl (C=O) groups is 3. The summed E-state index contributed by atoms with van der Waals surface area (Å²) in [6.07, 6.45) is 6.47. The molecule has 0 bridgehead atoms. The Balaban J connectivity index is 1.81. The Kier molecular flexibility index (Phi) is 3.58. The van der Waals surface area contributed by atoms with Crippen molar-refractivity contribution >= 4 is 17.3 Å². The Morgan fingerprint density at radius 3 is 2.46 bits per heavy atom. The largest absolute Gasteiger partial charge is 0.385 e. The maximum absolute atomic E-state index is 13.1. The minimum atomic E-state index is -1.42. The Hall–Kier alpha value is -1.59. The predicted molar refractivity (Wildman–Crippen MR) is 94.0 cm³/mol. The van der Waals surface area contributed by atoms with E-state index in [0.29, 0.717) is 31.3 Å². The van der Waals surface area contributed by atoms with Crippen molar-refractivity contribution in [2.75, 3.05) is 0 Å². The van der Waals surface area contributed by atoms with Crippen molar-refractivity contribution in [2.45, 2.75) is 58.2 Å². The van der Waals surface area contributed by atoms with Gasteiger partial charge in [-0.3, -0.25) is 14.4 Å². The van der Waals surface area contributed by atoms with Crippen molar-refractivity contribution in [3.63, 3.8) is 0 Å². The van der Waals surface area contributed by atoms with Crippen LogP contribution in [0.15, 0.2) is 23.8 Å². The molecule has 0 radical (unpaired) electrons. The van der Waals surface area contributed by atoms with E-state index in [1.54, 1.807) is 6.08 Å². The quantitative estimate of drug-likeness (QED) is 0.550. The highest BCUT2D eigenvalue weighted by Crippen LogP contribution is 2.65. The lowest BCUT2D eigenvalue weighted by Crippen LogP contribution is -2.60. The van der Waals surface area contributed by atoms with Crippen molar-refractivity contribution in [3.8, 4) is 0 Å². The number of carbonyl (C=O) groups excluding carboxylic acids is 3. The summed E-state index contributed by atoms with van der Waals surface area (Å²) in [5.41, 5.74) is -2.26. The topological polar surface area (TPSA) is 91.7 Å². The van der Waals surface area contributed by atoms with E-state index in [0.717, 1.165) is 0 Å². The summed E-state index contributed by atoms with van der Waals surface area (Å²) in [6.45, 7) is 5.30. The zero-order chi connectivity index (χ0) is 19.1. The lowest BCUT2D eigenvalue weighted by molar-refractivity contribution is -0.165. The van der Waals surface area contributed by atoms with Gasteiger partial charge >= 0.3 is 0 Å². The number of ketones is 3. The molecule has 0 heterocycles. The first kappa shape index (κ1) is 17.8. The third-order valence-electron chi connectivity index (χ3n) is 8.10. The van der Waals surface area contributed by atoms with E-state index in [1.807, 2.05) is 19.9 Å². The minimum Gasteiger partial charge on any atom is -0.385 e. The smallest absolute Gasteiger partial charge is 0.225 e. The normalized spacial score (nSPS) is 50.0. The third-order valence-corrected chi connectivity index (χ3v) is 8.10. The second kappa shape index (κ2) is 5.23. The highest BCUT2D eigenvalue weighted by Gasteiger charge is 2.68. The fourth-order valence-electron chi connectivity index (χ4n) is 6.50. The maximum atomic E-state index is 13.1. The van der Waals surface area contributed by atoms with Crippen LogP contribution in [0.2, 0.25) is 0 Å². The maximum Gasteiger partial charge on any atom is 0.225 e. The van der Waals surface area contributed by atoms with Crippen molar-refractivity contribution in [2.24, 2.45) is 28.6 Å². The van der Waals surface area contributed by atoms with Gasteiger partial charge in [-0.1, -0.05) is 26.0 Å². The van der Waals surface area contributed by atoms with E-state index < -0.39 is 40.0 Å². The molecule has 0 unspecified atom stereocenters. The number of fused-ring (bicyclic) bond motifs is 5. The molecule has 4 aliphatic carbocycles. The zero-order valence-electron chi connectivity index (χ0n) is 15.5. The van der Waals surface area contributed by atoms with Gasteiger partial charge in [0.1, 0.15) is 5.60 Å². The summed E-state index contributed by atoms with van der Waals surface area (Å²) in [5, 5.41) is 21.0. The van der Waals surface area contributed by atoms with Crippen LogP contribution in [0.5, 0.6) is 0 Å². The summed E-state index contributed by atoms with van der Waals surface area (Å²) in [4.78, 5) is 38.1. The van der Waals surface area contributed by atoms with Crippen molar-refractivity contribution < 1.29 is 24.6 Å². The van der Waals surface area contributed by atoms with Gasteiger partial charge in [-0.2, -0.15) is 0 Å². The zero-order valence-corrected chi connectivity index (χ0v) is 15.5. The van der Waals surface area contributed by atoms with Crippen molar-refractivity contribution in [1.29, 1.82) is 0 Å². The number of aliphatic hydroxyl groups excluding tert-OH is 1. The molecule has 0 aromatic rings. The number of hydrogen-bond acceptors (Lipinski definition) is 5. The fraction of sp³-hybridized carbons (Fsp3) is 0.667. The molecule has 3 saturated carbocycles. The molecular formula is C21H26O5. The fourth-order valence-corrected chi connectivity index (χ4v) is 6.50. The molecule has 140 valence electrons. The monoisotopic (exact) mass is 358 g/mol. The summed E-state index contributed by atoms with van der Waals surface area (Å²) in [6, 6.07) is 0. The second-order valence-corrected chi connectivity index (χ2v) is 9.06. The molecule has 0 aliphatic heterocycles. The van der Waals surface area contributed by atoms with Gasteiger partial charge in [-0.05, 0) is 50.5 Å². The van der Waals surface area contributed by atoms with Crippen LogP contribution in [-0.2, 0) is 14.4 Å². The summed E-state index contributed by atoms with van der Waals surface area (Å²) in [7, 11) is 0. The molecule has 3 fully saturated rings. The van der Waals surface area contributed by atoms with Crippen LogP contribution in [-0.4, -0.2) is 39.3 Å². The first-order chi connectivity index (χ1) is 12.1. The average molecular weight is 358 g/mol. The molecule has 5 heteroatoms. The minimum absolute atomic E-state index is 0.0462. The Morgan fingerprint density at radius 1 is 1.15 bits per heavy atom. The summed E-state index contributed by atoms with van der Waals surface area (Å²) >= 11 is 0.